The van der Waals surface area contributed by atoms with Crippen molar-refractivity contribution in [3.8, 4) is 5.75 Å². The number of nitrogens with one attached hydrogen (secondary N) is 2. The number of hydrogen-bond donors (Lipinski definition) is 2. The number of hydrogen-bond acceptors (Lipinski definition) is 5. The summed E-state index contributed by atoms with van der Waals surface area (Å²) in [4.78, 5) is 43.4. The van der Waals surface area contributed by atoms with E-state index in [4.69, 9.17) is 9.47 Å². The van der Waals surface area contributed by atoms with Crippen LogP contribution in [0.15, 0.2) is 65.2 Å². The molecular formula is C30H32BrN3O5. The number of nitrogens with zero attached hydrogens (tertiary/aromatic N) is 1. The van der Waals surface area contributed by atoms with Gasteiger partial charge in [0, 0.05) is 21.8 Å². The monoisotopic (exact) mass is 593 g/mol. The van der Waals surface area contributed by atoms with Crippen LogP contribution in [0.25, 0.3) is 0 Å². The molecule has 9 heteroatoms. The number of carbonyl (C=O) groups excluding carboxylic acids is 3. The van der Waals surface area contributed by atoms with Crippen molar-refractivity contribution in [1.29, 1.82) is 0 Å². The highest BCUT2D eigenvalue weighted by Crippen LogP contribution is 2.55. The summed E-state index contributed by atoms with van der Waals surface area (Å²) in [6, 6.07) is 13.9. The molecule has 2 bridgehead atoms. The van der Waals surface area contributed by atoms with Gasteiger partial charge in [-0.25, -0.2) is 0 Å². The third kappa shape index (κ3) is 4.55. The standard InChI is InChI=1S/C30H32BrN3O5/c1-38-22-10-6-5-7-18(22)17-34-26(28(36)33-20-8-3-2-4-9-20)30-16-15-23(39-30)24(25(30)29(34)37)27(35)32-21-13-11-19(31)12-14-21/h5-7,10-16,20,23-26H,2-4,8-9,17H2,1H3,(H,32,35)(H,33,36)/t23-,24+,25-,26+,30-/m0/s1. The Balaban J connectivity index is 1.34. The zero-order chi connectivity index (χ0) is 27.1. The number of rotatable bonds is 7. The summed E-state index contributed by atoms with van der Waals surface area (Å²) in [5.74, 6) is -1.70. The van der Waals surface area contributed by atoms with E-state index in [1.54, 1.807) is 24.1 Å². The van der Waals surface area contributed by atoms with Crippen LogP contribution in [0.4, 0.5) is 5.69 Å². The van der Waals surface area contributed by atoms with E-state index in [1.807, 2.05) is 48.6 Å². The molecule has 2 saturated heterocycles. The van der Waals surface area contributed by atoms with Crippen molar-refractivity contribution >= 4 is 39.3 Å². The number of benzene rings is 2. The van der Waals surface area contributed by atoms with Gasteiger partial charge in [0.15, 0.2) is 0 Å². The molecular weight excluding hydrogens is 562 g/mol. The molecule has 8 nitrogen and oxygen atoms in total. The van der Waals surface area contributed by atoms with Crippen LogP contribution in [0.1, 0.15) is 37.7 Å². The van der Waals surface area contributed by atoms with Crippen molar-refractivity contribution in [2.75, 3.05) is 12.4 Å². The summed E-state index contributed by atoms with van der Waals surface area (Å²) in [5, 5.41) is 6.18. The largest absolute Gasteiger partial charge is 0.496 e. The Morgan fingerprint density at radius 2 is 1.82 bits per heavy atom. The number of carbonyl (C=O) groups is 3. The van der Waals surface area contributed by atoms with Crippen LogP contribution >= 0.6 is 15.9 Å². The molecule has 6 rings (SSSR count). The smallest absolute Gasteiger partial charge is 0.246 e. The van der Waals surface area contributed by atoms with Crippen molar-refractivity contribution in [1.82, 2.24) is 10.2 Å². The van der Waals surface area contributed by atoms with Gasteiger partial charge in [-0.2, -0.15) is 0 Å². The third-order valence-electron chi connectivity index (χ3n) is 8.52. The van der Waals surface area contributed by atoms with Crippen molar-refractivity contribution < 1.29 is 23.9 Å². The van der Waals surface area contributed by atoms with Crippen LogP contribution in [-0.4, -0.2) is 53.5 Å². The van der Waals surface area contributed by atoms with E-state index in [2.05, 4.69) is 26.6 Å². The van der Waals surface area contributed by atoms with Gasteiger partial charge in [0.05, 0.1) is 31.6 Å². The fourth-order valence-electron chi connectivity index (χ4n) is 6.74. The minimum Gasteiger partial charge on any atom is -0.496 e. The van der Waals surface area contributed by atoms with Crippen LogP contribution in [0, 0.1) is 11.8 Å². The molecule has 3 heterocycles. The second-order valence-corrected chi connectivity index (χ2v) is 11.7. The molecule has 1 aliphatic carbocycles. The summed E-state index contributed by atoms with van der Waals surface area (Å²) >= 11 is 3.41. The third-order valence-corrected chi connectivity index (χ3v) is 9.05. The lowest BCUT2D eigenvalue weighted by atomic mass is 9.74. The highest BCUT2D eigenvalue weighted by Gasteiger charge is 2.72. The number of methoxy groups -OCH3 is 1. The Kier molecular flexibility index (Phi) is 6.97. The first-order valence-corrected chi connectivity index (χ1v) is 14.4. The summed E-state index contributed by atoms with van der Waals surface area (Å²) in [6.07, 6.45) is 8.27. The SMILES string of the molecule is COc1ccccc1CN1C(=O)[C@@H]2[C@H](C(=O)Nc3ccc(Br)cc3)[C@@H]3C=C[C@@]2(O3)[C@H]1C(=O)NC1CCCCC1. The molecule has 1 saturated carbocycles. The first-order chi connectivity index (χ1) is 18.9. The quantitative estimate of drug-likeness (QED) is 0.469. The molecule has 3 amide bonds. The van der Waals surface area contributed by atoms with Crippen LogP contribution < -0.4 is 15.4 Å². The highest BCUT2D eigenvalue weighted by atomic mass is 79.9. The van der Waals surface area contributed by atoms with Gasteiger partial charge in [0.2, 0.25) is 17.7 Å². The molecule has 204 valence electrons. The van der Waals surface area contributed by atoms with Crippen molar-refractivity contribution in [3.05, 3.63) is 70.7 Å². The average molecular weight is 595 g/mol. The molecule has 5 atom stereocenters. The molecule has 2 aromatic carbocycles. The summed E-state index contributed by atoms with van der Waals surface area (Å²) < 4.78 is 12.9. The van der Waals surface area contributed by atoms with E-state index in [-0.39, 0.29) is 30.3 Å². The summed E-state index contributed by atoms with van der Waals surface area (Å²) in [6.45, 7) is 0.173. The van der Waals surface area contributed by atoms with Crippen molar-refractivity contribution in [2.24, 2.45) is 11.8 Å². The Labute approximate surface area is 236 Å². The normalized spacial score (nSPS) is 29.4. The minimum atomic E-state index is -1.20. The van der Waals surface area contributed by atoms with Gasteiger partial charge in [-0.15, -0.1) is 0 Å². The maximum absolute atomic E-state index is 14.2. The molecule has 3 aliphatic heterocycles. The second kappa shape index (κ2) is 10.4. The molecule has 0 unspecified atom stereocenters. The number of ether oxygens (including phenoxy) is 2. The first kappa shape index (κ1) is 26.1. The molecule has 39 heavy (non-hydrogen) atoms. The summed E-state index contributed by atoms with van der Waals surface area (Å²) in [5.41, 5.74) is 0.214. The second-order valence-electron chi connectivity index (χ2n) is 10.8. The maximum atomic E-state index is 14.2. The number of amides is 3. The van der Waals surface area contributed by atoms with E-state index in [1.165, 1.54) is 6.42 Å². The predicted molar refractivity (Wildman–Crippen MR) is 149 cm³/mol. The van der Waals surface area contributed by atoms with E-state index in [0.29, 0.717) is 11.4 Å². The Hall–Kier alpha value is -3.17. The average Bonchev–Trinajstić information content (AvgIpc) is 3.58. The molecule has 0 aromatic heterocycles. The molecule has 0 radical (unpaired) electrons. The van der Waals surface area contributed by atoms with Crippen LogP contribution in [0.3, 0.4) is 0 Å². The lowest BCUT2D eigenvalue weighted by molar-refractivity contribution is -0.142. The Morgan fingerprint density at radius 3 is 2.56 bits per heavy atom. The molecule has 4 aliphatic rings. The Bertz CT molecular complexity index is 1310. The zero-order valence-electron chi connectivity index (χ0n) is 21.8. The number of fused-ring (bicyclic) bond motifs is 1. The first-order valence-electron chi connectivity index (χ1n) is 13.6. The number of anilines is 1. The maximum Gasteiger partial charge on any atom is 0.246 e. The molecule has 3 fully saturated rings. The van der Waals surface area contributed by atoms with Crippen LogP contribution in [-0.2, 0) is 25.7 Å². The summed E-state index contributed by atoms with van der Waals surface area (Å²) in [7, 11) is 1.58. The van der Waals surface area contributed by atoms with E-state index < -0.39 is 29.6 Å². The van der Waals surface area contributed by atoms with Gasteiger partial charge >= 0.3 is 0 Å². The highest BCUT2D eigenvalue weighted by molar-refractivity contribution is 9.10. The fraction of sp³-hybridized carbons (Fsp3) is 0.433. The van der Waals surface area contributed by atoms with E-state index in [9.17, 15) is 14.4 Å². The van der Waals surface area contributed by atoms with Crippen LogP contribution in [0.2, 0.25) is 0 Å². The molecule has 2 aromatic rings. The molecule has 2 N–H and O–H groups in total. The number of halogens is 1. The fourth-order valence-corrected chi connectivity index (χ4v) is 7.01. The lowest BCUT2D eigenvalue weighted by Crippen LogP contribution is -2.56. The van der Waals surface area contributed by atoms with Gasteiger partial charge < -0.3 is 25.0 Å². The van der Waals surface area contributed by atoms with E-state index in [0.717, 1.165) is 35.7 Å². The van der Waals surface area contributed by atoms with Gasteiger partial charge in [-0.05, 0) is 43.2 Å². The number of para-hydroxylation sites is 1. The van der Waals surface area contributed by atoms with Gasteiger partial charge in [-0.3, -0.25) is 14.4 Å². The van der Waals surface area contributed by atoms with Gasteiger partial charge in [0.1, 0.15) is 17.4 Å². The lowest BCUT2D eigenvalue weighted by Gasteiger charge is -2.34. The van der Waals surface area contributed by atoms with Gasteiger partial charge in [0.25, 0.3) is 0 Å². The zero-order valence-corrected chi connectivity index (χ0v) is 23.4. The Morgan fingerprint density at radius 1 is 1.08 bits per heavy atom. The minimum absolute atomic E-state index is 0.0731. The number of likely N-dealkylation sites (tertiary alicyclic amines) is 1. The van der Waals surface area contributed by atoms with Crippen molar-refractivity contribution in [3.63, 3.8) is 0 Å². The van der Waals surface area contributed by atoms with Crippen molar-refractivity contribution in [2.45, 2.75) is 62.4 Å². The van der Waals surface area contributed by atoms with Gasteiger partial charge in [-0.1, -0.05) is 65.5 Å². The molecule has 1 spiro atoms. The predicted octanol–water partition coefficient (Wildman–Crippen LogP) is 4.20. The van der Waals surface area contributed by atoms with Crippen LogP contribution in [0.5, 0.6) is 5.75 Å². The topological polar surface area (TPSA) is 97.0 Å². The van der Waals surface area contributed by atoms with E-state index >= 15 is 0 Å².